The summed E-state index contributed by atoms with van der Waals surface area (Å²) in [6.45, 7) is 5.73. The van der Waals surface area contributed by atoms with Crippen LogP contribution in [0.15, 0.2) is 59.5 Å². The molecule has 0 bridgehead atoms. The van der Waals surface area contributed by atoms with Gasteiger partial charge in [-0.2, -0.15) is 0 Å². The van der Waals surface area contributed by atoms with Gasteiger partial charge in [0.1, 0.15) is 44.3 Å². The lowest BCUT2D eigenvalue weighted by molar-refractivity contribution is -1.02. The molecule has 0 aromatic heterocycles. The molecule has 0 aliphatic carbocycles. The Morgan fingerprint density at radius 3 is 2.08 bits per heavy atom. The van der Waals surface area contributed by atoms with E-state index in [1.807, 2.05) is 6.07 Å². The number of hydrogen-bond acceptors (Lipinski definition) is 2. The van der Waals surface area contributed by atoms with Gasteiger partial charge in [0.05, 0.1) is 11.4 Å². The molecule has 0 saturated carbocycles. The maximum absolute atomic E-state index is 12.9. The van der Waals surface area contributed by atoms with Gasteiger partial charge in [0.25, 0.3) is 0 Å². The van der Waals surface area contributed by atoms with E-state index in [2.05, 4.69) is 24.3 Å². The van der Waals surface area contributed by atoms with Gasteiger partial charge >= 0.3 is 0 Å². The molecule has 1 fully saturated rings. The minimum Gasteiger partial charge on any atom is -0.325 e. The van der Waals surface area contributed by atoms with Crippen LogP contribution < -0.4 is 9.80 Å². The average Bonchev–Trinajstić information content (AvgIpc) is 2.62. The molecule has 2 N–H and O–H groups in total. The molecule has 3 rings (SSSR count). The number of piperazine rings is 1. The molecule has 1 heterocycles. The van der Waals surface area contributed by atoms with Crippen molar-refractivity contribution in [3.8, 4) is 0 Å². The summed E-state index contributed by atoms with van der Waals surface area (Å²) in [5.74, 6) is -0.302. The van der Waals surface area contributed by atoms with Crippen molar-refractivity contribution >= 4 is 9.84 Å². The summed E-state index contributed by atoms with van der Waals surface area (Å²) in [5, 5.41) is 0. The van der Waals surface area contributed by atoms with Crippen LogP contribution in [0.5, 0.6) is 0 Å². The Hall–Kier alpha value is -1.76. The van der Waals surface area contributed by atoms with Gasteiger partial charge in [-0.05, 0) is 24.3 Å². The molecule has 134 valence electrons. The van der Waals surface area contributed by atoms with E-state index < -0.39 is 15.7 Å². The van der Waals surface area contributed by atoms with Crippen LogP contribution >= 0.6 is 0 Å². The number of quaternary nitrogens is 2. The lowest BCUT2D eigenvalue weighted by atomic mass is 10.2. The first kappa shape index (κ1) is 18.0. The van der Waals surface area contributed by atoms with E-state index in [4.69, 9.17) is 0 Å². The van der Waals surface area contributed by atoms with Crippen molar-refractivity contribution in [3.05, 3.63) is 66.0 Å². The highest BCUT2D eigenvalue weighted by Gasteiger charge is 2.25. The van der Waals surface area contributed by atoms with E-state index in [1.165, 1.54) is 34.7 Å². The van der Waals surface area contributed by atoms with Crippen molar-refractivity contribution in [2.45, 2.75) is 11.4 Å². The summed E-state index contributed by atoms with van der Waals surface area (Å²) in [6.07, 6.45) is 0. The molecule has 1 saturated heterocycles. The number of benzene rings is 2. The van der Waals surface area contributed by atoms with Gasteiger partial charge in [0.2, 0.25) is 0 Å². The van der Waals surface area contributed by atoms with Crippen molar-refractivity contribution in [3.63, 3.8) is 0 Å². The molecule has 0 atom stereocenters. The van der Waals surface area contributed by atoms with Crippen LogP contribution in [-0.4, -0.2) is 46.9 Å². The third kappa shape index (κ3) is 5.11. The summed E-state index contributed by atoms with van der Waals surface area (Å²) < 4.78 is 37.6. The Balaban J connectivity index is 1.47. The molecule has 0 amide bonds. The van der Waals surface area contributed by atoms with Crippen LogP contribution in [-0.2, 0) is 16.4 Å². The SMILES string of the molecule is O=S(=O)(CC[NH+]1CC[NH+](Cc2ccccc2)CC1)c1ccc(F)cc1. The second-order valence-corrected chi connectivity index (χ2v) is 8.79. The van der Waals surface area contributed by atoms with Crippen LogP contribution in [0.4, 0.5) is 4.39 Å². The number of rotatable bonds is 6. The van der Waals surface area contributed by atoms with Crippen molar-refractivity contribution in [2.24, 2.45) is 0 Å². The van der Waals surface area contributed by atoms with Crippen LogP contribution in [0.25, 0.3) is 0 Å². The Morgan fingerprint density at radius 2 is 1.44 bits per heavy atom. The highest BCUT2D eigenvalue weighted by Crippen LogP contribution is 2.11. The van der Waals surface area contributed by atoms with Crippen LogP contribution in [0.1, 0.15) is 5.56 Å². The summed E-state index contributed by atoms with van der Waals surface area (Å²) in [5.41, 5.74) is 1.35. The molecule has 0 spiro atoms. The molecule has 2 aromatic carbocycles. The lowest BCUT2D eigenvalue weighted by Crippen LogP contribution is -3.27. The van der Waals surface area contributed by atoms with Crippen molar-refractivity contribution in [1.82, 2.24) is 0 Å². The quantitative estimate of drug-likeness (QED) is 0.684. The second-order valence-electron chi connectivity index (χ2n) is 6.69. The molecule has 0 radical (unpaired) electrons. The fourth-order valence-corrected chi connectivity index (χ4v) is 4.65. The topological polar surface area (TPSA) is 43.0 Å². The molecule has 4 nitrogen and oxygen atoms in total. The first-order valence-corrected chi connectivity index (χ1v) is 10.4. The highest BCUT2D eigenvalue weighted by molar-refractivity contribution is 7.91. The zero-order chi connectivity index (χ0) is 17.7. The Morgan fingerprint density at radius 1 is 0.840 bits per heavy atom. The minimum atomic E-state index is -3.33. The first-order chi connectivity index (χ1) is 12.0. The fraction of sp³-hybridized carbons (Fsp3) is 0.368. The maximum atomic E-state index is 12.9. The number of hydrogen-bond donors (Lipinski definition) is 2. The molecular formula is C19H25FN2O2S+2. The monoisotopic (exact) mass is 364 g/mol. The van der Waals surface area contributed by atoms with Crippen molar-refractivity contribution in [1.29, 1.82) is 0 Å². The van der Waals surface area contributed by atoms with Gasteiger partial charge in [0.15, 0.2) is 9.84 Å². The molecule has 0 unspecified atom stereocenters. The van der Waals surface area contributed by atoms with Gasteiger partial charge in [-0.3, -0.25) is 0 Å². The van der Waals surface area contributed by atoms with Gasteiger partial charge in [-0.1, -0.05) is 30.3 Å². The lowest BCUT2D eigenvalue weighted by Gasteiger charge is -2.29. The largest absolute Gasteiger partial charge is 0.325 e. The number of nitrogens with one attached hydrogen (secondary N) is 2. The molecule has 25 heavy (non-hydrogen) atoms. The van der Waals surface area contributed by atoms with E-state index in [0.717, 1.165) is 32.7 Å². The molecule has 6 heteroatoms. The summed E-state index contributed by atoms with van der Waals surface area (Å²) in [4.78, 5) is 3.10. The Bertz CT molecular complexity index is 771. The predicted octanol–water partition coefficient (Wildman–Crippen LogP) is -0.417. The van der Waals surface area contributed by atoms with Gasteiger partial charge < -0.3 is 9.80 Å². The van der Waals surface area contributed by atoms with Crippen molar-refractivity contribution in [2.75, 3.05) is 38.5 Å². The van der Waals surface area contributed by atoms with Gasteiger partial charge in [-0.15, -0.1) is 0 Å². The third-order valence-electron chi connectivity index (χ3n) is 4.86. The minimum absolute atomic E-state index is 0.113. The summed E-state index contributed by atoms with van der Waals surface area (Å²) in [7, 11) is -3.33. The van der Waals surface area contributed by atoms with E-state index in [-0.39, 0.29) is 10.6 Å². The second kappa shape index (κ2) is 8.08. The molecule has 1 aliphatic heterocycles. The van der Waals surface area contributed by atoms with Crippen molar-refractivity contribution < 1.29 is 22.6 Å². The Kier molecular flexibility index (Phi) is 5.83. The first-order valence-electron chi connectivity index (χ1n) is 8.72. The van der Waals surface area contributed by atoms with E-state index in [0.29, 0.717) is 6.54 Å². The standard InChI is InChI=1S/C19H23FN2O2S/c20-18-6-8-19(9-7-18)25(23,24)15-14-21-10-12-22(13-11-21)16-17-4-2-1-3-5-17/h1-9H,10-16H2/p+2. The zero-order valence-corrected chi connectivity index (χ0v) is 15.1. The predicted molar refractivity (Wildman–Crippen MR) is 94.9 cm³/mol. The van der Waals surface area contributed by atoms with Gasteiger partial charge in [0, 0.05) is 5.56 Å². The molecule has 2 aromatic rings. The highest BCUT2D eigenvalue weighted by atomic mass is 32.2. The van der Waals surface area contributed by atoms with E-state index >= 15 is 0 Å². The zero-order valence-electron chi connectivity index (χ0n) is 14.2. The Labute approximate surface area is 148 Å². The summed E-state index contributed by atoms with van der Waals surface area (Å²) >= 11 is 0. The fourth-order valence-electron chi connectivity index (χ4n) is 3.31. The maximum Gasteiger partial charge on any atom is 0.183 e. The van der Waals surface area contributed by atoms with Crippen LogP contribution in [0.2, 0.25) is 0 Å². The van der Waals surface area contributed by atoms with Gasteiger partial charge in [-0.25, -0.2) is 12.8 Å². The molecule has 1 aliphatic rings. The van der Waals surface area contributed by atoms with E-state index in [1.54, 1.807) is 4.90 Å². The normalized spacial score (nSPS) is 21.2. The van der Waals surface area contributed by atoms with E-state index in [9.17, 15) is 12.8 Å². The third-order valence-corrected chi connectivity index (χ3v) is 6.59. The average molecular weight is 364 g/mol. The number of halogens is 1. The molecular weight excluding hydrogens is 339 g/mol. The van der Waals surface area contributed by atoms with Crippen LogP contribution in [0.3, 0.4) is 0 Å². The smallest absolute Gasteiger partial charge is 0.183 e. The summed E-state index contributed by atoms with van der Waals surface area (Å²) in [6, 6.07) is 15.6. The van der Waals surface area contributed by atoms with Crippen LogP contribution in [0, 0.1) is 5.82 Å². The number of sulfone groups is 1.